The predicted molar refractivity (Wildman–Crippen MR) is 83.9 cm³/mol. The number of hydrogen-bond acceptors (Lipinski definition) is 5. The Bertz CT molecular complexity index is 604. The molecule has 23 heavy (non-hydrogen) atoms. The van der Waals surface area contributed by atoms with Gasteiger partial charge >= 0.3 is 11.8 Å². The summed E-state index contributed by atoms with van der Waals surface area (Å²) in [6.07, 6.45) is 5.29. The zero-order valence-corrected chi connectivity index (χ0v) is 12.6. The van der Waals surface area contributed by atoms with Crippen LogP contribution in [-0.2, 0) is 9.59 Å². The zero-order valence-electron chi connectivity index (χ0n) is 12.6. The van der Waals surface area contributed by atoms with Crippen molar-refractivity contribution in [3.8, 4) is 0 Å². The molecule has 2 amide bonds. The fraction of sp³-hybridized carbons (Fsp3) is 0.400. The number of non-ortho nitro benzene ring substituents is 1. The third-order valence-corrected chi connectivity index (χ3v) is 3.57. The molecule has 1 aliphatic heterocycles. The van der Waals surface area contributed by atoms with Crippen LogP contribution in [0.4, 0.5) is 5.69 Å². The maximum absolute atomic E-state index is 12.0. The molecule has 2 rings (SSSR count). The van der Waals surface area contributed by atoms with Crippen molar-refractivity contribution in [2.75, 3.05) is 13.1 Å². The Balaban J connectivity index is 1.87. The number of nitrogens with zero attached hydrogens (tertiary/aromatic N) is 3. The smallest absolute Gasteiger partial charge is 0.329 e. The van der Waals surface area contributed by atoms with Gasteiger partial charge < -0.3 is 4.90 Å². The second-order valence-electron chi connectivity index (χ2n) is 5.25. The number of nitro groups is 1. The van der Waals surface area contributed by atoms with Crippen molar-refractivity contribution in [2.45, 2.75) is 25.7 Å². The first kappa shape index (κ1) is 16.6. The number of carbonyl (C=O) groups excluding carboxylic acids is 2. The van der Waals surface area contributed by atoms with Crippen molar-refractivity contribution < 1.29 is 14.5 Å². The Morgan fingerprint density at radius 2 is 1.74 bits per heavy atom. The van der Waals surface area contributed by atoms with E-state index in [1.165, 1.54) is 30.5 Å². The molecule has 0 radical (unpaired) electrons. The lowest BCUT2D eigenvalue weighted by Crippen LogP contribution is -2.41. The second kappa shape index (κ2) is 8.02. The van der Waals surface area contributed by atoms with E-state index in [1.807, 2.05) is 0 Å². The molecule has 0 unspecified atom stereocenters. The van der Waals surface area contributed by atoms with Gasteiger partial charge in [0.2, 0.25) is 0 Å². The van der Waals surface area contributed by atoms with Crippen molar-refractivity contribution in [3.05, 3.63) is 39.9 Å². The average Bonchev–Trinajstić information content (AvgIpc) is 2.83. The lowest BCUT2D eigenvalue weighted by Gasteiger charge is -2.18. The van der Waals surface area contributed by atoms with Crippen LogP contribution in [0.25, 0.3) is 0 Å². The molecule has 0 spiro atoms. The minimum absolute atomic E-state index is 0.0254. The Hall–Kier alpha value is -2.77. The van der Waals surface area contributed by atoms with Gasteiger partial charge in [-0.2, -0.15) is 5.10 Å². The normalized spacial score (nSPS) is 15.2. The van der Waals surface area contributed by atoms with Crippen LogP contribution in [0.2, 0.25) is 0 Å². The number of carbonyl (C=O) groups is 2. The third kappa shape index (κ3) is 4.87. The lowest BCUT2D eigenvalue weighted by atomic mass is 10.2. The summed E-state index contributed by atoms with van der Waals surface area (Å²) in [5.74, 6) is -1.35. The van der Waals surface area contributed by atoms with Crippen molar-refractivity contribution >= 4 is 23.7 Å². The molecule has 1 aromatic carbocycles. The Morgan fingerprint density at radius 1 is 1.13 bits per heavy atom. The Labute approximate surface area is 133 Å². The number of nitro benzene ring substituents is 1. The van der Waals surface area contributed by atoms with Crippen LogP contribution < -0.4 is 5.43 Å². The number of likely N-dealkylation sites (tertiary alicyclic amines) is 1. The Kier molecular flexibility index (Phi) is 5.79. The molecule has 1 fully saturated rings. The fourth-order valence-corrected chi connectivity index (χ4v) is 2.31. The van der Waals surface area contributed by atoms with Crippen molar-refractivity contribution in [3.63, 3.8) is 0 Å². The van der Waals surface area contributed by atoms with Gasteiger partial charge in [-0.05, 0) is 30.5 Å². The maximum atomic E-state index is 12.0. The summed E-state index contributed by atoms with van der Waals surface area (Å²) < 4.78 is 0. The van der Waals surface area contributed by atoms with Gasteiger partial charge in [0.05, 0.1) is 11.1 Å². The summed E-state index contributed by atoms with van der Waals surface area (Å²) in [6, 6.07) is 5.69. The van der Waals surface area contributed by atoms with Gasteiger partial charge in [-0.1, -0.05) is 12.8 Å². The molecule has 1 aromatic rings. The number of amides is 2. The molecule has 8 nitrogen and oxygen atoms in total. The number of benzene rings is 1. The number of nitrogens with one attached hydrogen (secondary N) is 1. The topological polar surface area (TPSA) is 105 Å². The minimum Gasteiger partial charge on any atom is -0.334 e. The Morgan fingerprint density at radius 3 is 2.30 bits per heavy atom. The van der Waals surface area contributed by atoms with E-state index in [9.17, 15) is 19.7 Å². The first-order chi connectivity index (χ1) is 11.1. The fourth-order valence-electron chi connectivity index (χ4n) is 2.31. The average molecular weight is 318 g/mol. The number of hydrazone groups is 1. The van der Waals surface area contributed by atoms with E-state index in [1.54, 1.807) is 4.90 Å². The van der Waals surface area contributed by atoms with Crippen LogP contribution in [0.3, 0.4) is 0 Å². The van der Waals surface area contributed by atoms with Crippen molar-refractivity contribution in [1.82, 2.24) is 10.3 Å². The van der Waals surface area contributed by atoms with Gasteiger partial charge in [-0.25, -0.2) is 5.43 Å². The highest BCUT2D eigenvalue weighted by molar-refractivity contribution is 6.35. The van der Waals surface area contributed by atoms with Gasteiger partial charge in [0, 0.05) is 25.2 Å². The van der Waals surface area contributed by atoms with E-state index in [0.717, 1.165) is 25.7 Å². The van der Waals surface area contributed by atoms with Crippen LogP contribution in [0.1, 0.15) is 31.2 Å². The van der Waals surface area contributed by atoms with Gasteiger partial charge in [0.15, 0.2) is 0 Å². The van der Waals surface area contributed by atoms with E-state index in [-0.39, 0.29) is 5.69 Å². The van der Waals surface area contributed by atoms with Crippen LogP contribution in [0.15, 0.2) is 29.4 Å². The number of rotatable bonds is 3. The summed E-state index contributed by atoms with van der Waals surface area (Å²) in [6.45, 7) is 1.19. The van der Waals surface area contributed by atoms with Gasteiger partial charge in [-0.3, -0.25) is 19.7 Å². The van der Waals surface area contributed by atoms with E-state index < -0.39 is 16.7 Å². The summed E-state index contributed by atoms with van der Waals surface area (Å²) in [4.78, 5) is 35.3. The standard InChI is InChI=1S/C15H18N4O4/c20-14(15(21)18-9-3-1-2-4-10-18)17-16-11-12-5-7-13(8-6-12)19(22)23/h5-8,11H,1-4,9-10H2,(H,17,20)/b16-11-. The predicted octanol–water partition coefficient (Wildman–Crippen LogP) is 1.45. The van der Waals surface area contributed by atoms with E-state index in [0.29, 0.717) is 18.7 Å². The molecule has 0 bridgehead atoms. The molecule has 0 aromatic heterocycles. The maximum Gasteiger partial charge on any atom is 0.329 e. The van der Waals surface area contributed by atoms with Crippen LogP contribution >= 0.6 is 0 Å². The molecule has 1 aliphatic rings. The number of hydrogen-bond donors (Lipinski definition) is 1. The quantitative estimate of drug-likeness (QED) is 0.394. The highest BCUT2D eigenvalue weighted by Gasteiger charge is 2.22. The molecular weight excluding hydrogens is 300 g/mol. The minimum atomic E-state index is -0.773. The molecule has 8 heteroatoms. The first-order valence-electron chi connectivity index (χ1n) is 7.44. The van der Waals surface area contributed by atoms with Crippen LogP contribution in [0.5, 0.6) is 0 Å². The van der Waals surface area contributed by atoms with Gasteiger partial charge in [0.1, 0.15) is 0 Å². The first-order valence-corrected chi connectivity index (χ1v) is 7.44. The highest BCUT2D eigenvalue weighted by atomic mass is 16.6. The van der Waals surface area contributed by atoms with Gasteiger partial charge in [0.25, 0.3) is 5.69 Å². The molecule has 122 valence electrons. The highest BCUT2D eigenvalue weighted by Crippen LogP contribution is 2.11. The molecule has 1 heterocycles. The van der Waals surface area contributed by atoms with Crippen molar-refractivity contribution in [2.24, 2.45) is 5.10 Å². The van der Waals surface area contributed by atoms with E-state index >= 15 is 0 Å². The van der Waals surface area contributed by atoms with Crippen molar-refractivity contribution in [1.29, 1.82) is 0 Å². The lowest BCUT2D eigenvalue weighted by molar-refractivity contribution is -0.384. The third-order valence-electron chi connectivity index (χ3n) is 3.57. The molecule has 0 saturated carbocycles. The second-order valence-corrected chi connectivity index (χ2v) is 5.25. The van der Waals surface area contributed by atoms with E-state index in [2.05, 4.69) is 10.5 Å². The molecule has 0 atom stereocenters. The van der Waals surface area contributed by atoms with Gasteiger partial charge in [-0.15, -0.1) is 0 Å². The summed E-state index contributed by atoms with van der Waals surface area (Å²) in [5.41, 5.74) is 2.75. The van der Waals surface area contributed by atoms with Crippen LogP contribution in [0, 0.1) is 10.1 Å². The summed E-state index contributed by atoms with van der Waals surface area (Å²) in [5, 5.41) is 14.3. The SMILES string of the molecule is O=C(N/N=C\c1ccc([N+](=O)[O-])cc1)C(=O)N1CCCCCC1. The van der Waals surface area contributed by atoms with E-state index in [4.69, 9.17) is 0 Å². The molecule has 0 aliphatic carbocycles. The monoisotopic (exact) mass is 318 g/mol. The summed E-state index contributed by atoms with van der Waals surface area (Å²) in [7, 11) is 0. The zero-order chi connectivity index (χ0) is 16.7. The molecule has 1 N–H and O–H groups in total. The summed E-state index contributed by atoms with van der Waals surface area (Å²) >= 11 is 0. The van der Waals surface area contributed by atoms with Crippen LogP contribution in [-0.4, -0.2) is 40.9 Å². The largest absolute Gasteiger partial charge is 0.334 e. The molecule has 1 saturated heterocycles. The molecular formula is C15H18N4O4.